The second-order valence-electron chi connectivity index (χ2n) is 7.73. The first-order valence-electron chi connectivity index (χ1n) is 6.59. The van der Waals surface area contributed by atoms with Crippen LogP contribution in [0.1, 0.15) is 41.5 Å². The van der Waals surface area contributed by atoms with Crippen molar-refractivity contribution in [2.45, 2.75) is 53.3 Å². The van der Waals surface area contributed by atoms with Crippen LogP contribution in [0.15, 0.2) is 0 Å². The van der Waals surface area contributed by atoms with Crippen LogP contribution in [0.4, 0.5) is 0 Å². The van der Waals surface area contributed by atoms with Gasteiger partial charge in [0.25, 0.3) is 0 Å². The Morgan fingerprint density at radius 1 is 1.29 bits per heavy atom. The third-order valence-corrected chi connectivity index (χ3v) is 5.23. The zero-order valence-electron chi connectivity index (χ0n) is 11.7. The first-order chi connectivity index (χ1) is 7.62. The SMILES string of the molecule is CC(C)(C)[C@H]1CO[C@]2(C)[C@H]3[C@@H](C(=O)N12)C3(C)C. The molecule has 2 aliphatic heterocycles. The number of hydrogen-bond acceptors (Lipinski definition) is 2. The van der Waals surface area contributed by atoms with Gasteiger partial charge in [-0.2, -0.15) is 0 Å². The van der Waals surface area contributed by atoms with Crippen LogP contribution in [-0.4, -0.2) is 29.2 Å². The van der Waals surface area contributed by atoms with E-state index in [9.17, 15) is 4.79 Å². The lowest BCUT2D eigenvalue weighted by Crippen LogP contribution is -2.52. The van der Waals surface area contributed by atoms with E-state index in [1.165, 1.54) is 0 Å². The molecule has 2 heterocycles. The van der Waals surface area contributed by atoms with E-state index in [-0.39, 0.29) is 28.5 Å². The molecule has 0 unspecified atom stereocenters. The summed E-state index contributed by atoms with van der Waals surface area (Å²) in [5, 5.41) is 0. The monoisotopic (exact) mass is 237 g/mol. The molecule has 17 heavy (non-hydrogen) atoms. The van der Waals surface area contributed by atoms with Crippen molar-refractivity contribution in [1.82, 2.24) is 4.90 Å². The molecule has 0 aromatic heterocycles. The molecule has 0 bridgehead atoms. The van der Waals surface area contributed by atoms with Crippen molar-refractivity contribution in [3.05, 3.63) is 0 Å². The summed E-state index contributed by atoms with van der Waals surface area (Å²) in [6, 6.07) is 0.226. The predicted octanol–water partition coefficient (Wildman–Crippen LogP) is 2.26. The summed E-state index contributed by atoms with van der Waals surface area (Å²) in [5.41, 5.74) is -0.118. The van der Waals surface area contributed by atoms with Crippen molar-refractivity contribution in [2.75, 3.05) is 6.61 Å². The number of nitrogens with zero attached hydrogens (tertiary/aromatic N) is 1. The highest BCUT2D eigenvalue weighted by Gasteiger charge is 2.79. The van der Waals surface area contributed by atoms with Crippen LogP contribution in [0, 0.1) is 22.7 Å². The minimum Gasteiger partial charge on any atom is -0.353 e. The number of piperidine rings is 1. The van der Waals surface area contributed by atoms with Crippen molar-refractivity contribution in [2.24, 2.45) is 22.7 Å². The van der Waals surface area contributed by atoms with Crippen LogP contribution in [-0.2, 0) is 9.53 Å². The molecule has 0 spiro atoms. The quantitative estimate of drug-likeness (QED) is 0.647. The van der Waals surface area contributed by atoms with E-state index >= 15 is 0 Å². The molecule has 96 valence electrons. The van der Waals surface area contributed by atoms with E-state index in [1.807, 2.05) is 4.90 Å². The third-order valence-electron chi connectivity index (χ3n) is 5.23. The van der Waals surface area contributed by atoms with Gasteiger partial charge < -0.3 is 9.64 Å². The number of hydrogen-bond donors (Lipinski definition) is 0. The minimum atomic E-state index is -0.344. The van der Waals surface area contributed by atoms with Crippen LogP contribution in [0.25, 0.3) is 0 Å². The fourth-order valence-electron chi connectivity index (χ4n) is 4.20. The highest BCUT2D eigenvalue weighted by molar-refractivity contribution is 5.88. The molecule has 0 aromatic rings. The number of fused-ring (bicyclic) bond motifs is 3. The fourth-order valence-corrected chi connectivity index (χ4v) is 4.20. The largest absolute Gasteiger partial charge is 0.353 e. The van der Waals surface area contributed by atoms with Gasteiger partial charge in [0.15, 0.2) is 0 Å². The summed E-state index contributed by atoms with van der Waals surface area (Å²) in [6.45, 7) is 13.7. The Labute approximate surface area is 104 Å². The summed E-state index contributed by atoms with van der Waals surface area (Å²) in [7, 11) is 0. The maximum absolute atomic E-state index is 12.6. The van der Waals surface area contributed by atoms with Gasteiger partial charge in [0.1, 0.15) is 5.72 Å². The molecule has 3 aliphatic rings. The average Bonchev–Trinajstić information content (AvgIpc) is 2.48. The first-order valence-corrected chi connectivity index (χ1v) is 6.59. The maximum atomic E-state index is 12.6. The normalized spacial score (nSPS) is 47.1. The highest BCUT2D eigenvalue weighted by atomic mass is 16.5. The van der Waals surface area contributed by atoms with Crippen LogP contribution in [0.3, 0.4) is 0 Å². The number of amides is 1. The molecule has 3 rings (SSSR count). The molecule has 3 nitrogen and oxygen atoms in total. The zero-order valence-corrected chi connectivity index (χ0v) is 11.7. The molecule has 3 heteroatoms. The van der Waals surface area contributed by atoms with Crippen LogP contribution < -0.4 is 0 Å². The average molecular weight is 237 g/mol. The van der Waals surface area contributed by atoms with E-state index in [4.69, 9.17) is 4.74 Å². The van der Waals surface area contributed by atoms with Crippen molar-refractivity contribution in [3.63, 3.8) is 0 Å². The van der Waals surface area contributed by atoms with E-state index in [2.05, 4.69) is 41.5 Å². The number of ether oxygens (including phenoxy) is 1. The second kappa shape index (κ2) is 2.71. The highest BCUT2D eigenvalue weighted by Crippen LogP contribution is 2.71. The standard InChI is InChI=1S/C14H23NO2/c1-12(2,3)8-7-17-14(6)10-9(13(10,4)5)11(16)15(8)14/h8-10H,7H2,1-6H3/t8-,9+,10+,14-/m1/s1. The summed E-state index contributed by atoms with van der Waals surface area (Å²) >= 11 is 0. The molecule has 1 aliphatic carbocycles. The van der Waals surface area contributed by atoms with E-state index in [1.54, 1.807) is 0 Å². The molecular weight excluding hydrogens is 214 g/mol. The van der Waals surface area contributed by atoms with Crippen LogP contribution in [0.2, 0.25) is 0 Å². The zero-order chi connectivity index (χ0) is 12.8. The molecule has 1 amide bonds. The second-order valence-corrected chi connectivity index (χ2v) is 7.73. The van der Waals surface area contributed by atoms with Gasteiger partial charge in [0, 0.05) is 5.92 Å². The van der Waals surface area contributed by atoms with Gasteiger partial charge in [-0.15, -0.1) is 0 Å². The van der Waals surface area contributed by atoms with Gasteiger partial charge >= 0.3 is 0 Å². The van der Waals surface area contributed by atoms with E-state index < -0.39 is 0 Å². The lowest BCUT2D eigenvalue weighted by atomic mass is 9.85. The fraction of sp³-hybridized carbons (Fsp3) is 0.929. The predicted molar refractivity (Wildman–Crippen MR) is 65.2 cm³/mol. The summed E-state index contributed by atoms with van der Waals surface area (Å²) in [4.78, 5) is 14.6. The van der Waals surface area contributed by atoms with Gasteiger partial charge in [-0.1, -0.05) is 34.6 Å². The smallest absolute Gasteiger partial charge is 0.229 e. The Morgan fingerprint density at radius 2 is 1.88 bits per heavy atom. The first kappa shape index (κ1) is 11.5. The number of rotatable bonds is 0. The van der Waals surface area contributed by atoms with E-state index in [0.29, 0.717) is 18.4 Å². The molecule has 4 atom stereocenters. The third kappa shape index (κ3) is 1.14. The number of carbonyl (C=O) groups excluding carboxylic acids is 1. The van der Waals surface area contributed by atoms with Crippen molar-refractivity contribution < 1.29 is 9.53 Å². The summed E-state index contributed by atoms with van der Waals surface area (Å²) in [6.07, 6.45) is 0. The van der Waals surface area contributed by atoms with E-state index in [0.717, 1.165) is 0 Å². The Bertz CT molecular complexity index is 396. The lowest BCUT2D eigenvalue weighted by Gasteiger charge is -2.39. The van der Waals surface area contributed by atoms with Crippen LogP contribution >= 0.6 is 0 Å². The Kier molecular flexibility index (Phi) is 1.84. The minimum absolute atomic E-state index is 0.0916. The Morgan fingerprint density at radius 3 is 2.41 bits per heavy atom. The maximum Gasteiger partial charge on any atom is 0.229 e. The van der Waals surface area contributed by atoms with Crippen molar-refractivity contribution in [3.8, 4) is 0 Å². The molecular formula is C14H23NO2. The molecule has 0 N–H and O–H groups in total. The summed E-state index contributed by atoms with van der Waals surface area (Å²) < 4.78 is 6.07. The molecule has 0 aromatic carbocycles. The van der Waals surface area contributed by atoms with Gasteiger partial charge in [-0.05, 0) is 17.8 Å². The van der Waals surface area contributed by atoms with Crippen LogP contribution in [0.5, 0.6) is 0 Å². The Hall–Kier alpha value is -0.570. The molecule has 0 radical (unpaired) electrons. The number of carbonyl (C=O) groups is 1. The van der Waals surface area contributed by atoms with Gasteiger partial charge in [-0.25, -0.2) is 0 Å². The lowest BCUT2D eigenvalue weighted by molar-refractivity contribution is -0.147. The Balaban J connectivity index is 1.98. The van der Waals surface area contributed by atoms with Gasteiger partial charge in [-0.3, -0.25) is 4.79 Å². The van der Waals surface area contributed by atoms with Crippen molar-refractivity contribution >= 4 is 5.91 Å². The van der Waals surface area contributed by atoms with Crippen molar-refractivity contribution in [1.29, 1.82) is 0 Å². The van der Waals surface area contributed by atoms with Gasteiger partial charge in [0.2, 0.25) is 5.91 Å². The molecule has 2 saturated heterocycles. The van der Waals surface area contributed by atoms with Gasteiger partial charge in [0.05, 0.1) is 18.6 Å². The molecule has 3 fully saturated rings. The summed E-state index contributed by atoms with van der Waals surface area (Å²) in [5.74, 6) is 0.896. The topological polar surface area (TPSA) is 29.5 Å². The molecule has 1 saturated carbocycles.